The second-order valence-corrected chi connectivity index (χ2v) is 7.81. The lowest BCUT2D eigenvalue weighted by Gasteiger charge is -2.30. The Labute approximate surface area is 109 Å². The van der Waals surface area contributed by atoms with Gasteiger partial charge in [-0.3, -0.25) is 0 Å². The third-order valence-electron chi connectivity index (χ3n) is 2.75. The van der Waals surface area contributed by atoms with Crippen LogP contribution in [-0.2, 0) is 14.8 Å². The van der Waals surface area contributed by atoms with E-state index in [0.717, 1.165) is 0 Å². The molecule has 1 rings (SSSR count). The van der Waals surface area contributed by atoms with E-state index in [1.165, 1.54) is 16.3 Å². The molecule has 0 aromatic heterocycles. The zero-order valence-electron chi connectivity index (χ0n) is 11.6. The fraction of sp³-hybridized carbons (Fsp3) is 0.909. The molecule has 106 valence electrons. The van der Waals surface area contributed by atoms with E-state index < -0.39 is 21.7 Å². The number of sulfonamides is 1. The molecule has 1 aliphatic rings. The maximum absolute atomic E-state index is 12.0. The Morgan fingerprint density at radius 3 is 2.39 bits per heavy atom. The van der Waals surface area contributed by atoms with E-state index in [-0.39, 0.29) is 18.3 Å². The molecule has 7 heteroatoms. The van der Waals surface area contributed by atoms with E-state index in [1.807, 2.05) is 6.92 Å². The van der Waals surface area contributed by atoms with Gasteiger partial charge in [-0.15, -0.1) is 0 Å². The number of likely N-dealkylation sites (N-methyl/N-ethyl adjacent to an activating group) is 1. The predicted octanol–water partition coefficient (Wildman–Crippen LogP) is 0.887. The van der Waals surface area contributed by atoms with Crippen molar-refractivity contribution < 1.29 is 17.9 Å². The average molecular weight is 278 g/mol. The lowest BCUT2D eigenvalue weighted by molar-refractivity contribution is 0.0188. The summed E-state index contributed by atoms with van der Waals surface area (Å²) in [5, 5.41) is 0. The Bertz CT molecular complexity index is 413. The van der Waals surface area contributed by atoms with Crippen LogP contribution in [-0.4, -0.2) is 61.2 Å². The molecule has 1 fully saturated rings. The molecule has 0 N–H and O–H groups in total. The van der Waals surface area contributed by atoms with Gasteiger partial charge in [-0.1, -0.05) is 0 Å². The molecule has 0 aliphatic carbocycles. The molecule has 0 bridgehead atoms. The molecule has 0 spiro atoms. The van der Waals surface area contributed by atoms with E-state index in [0.29, 0.717) is 6.54 Å². The minimum Gasteiger partial charge on any atom is -0.444 e. The van der Waals surface area contributed by atoms with Crippen molar-refractivity contribution in [1.29, 1.82) is 0 Å². The molecule has 6 nitrogen and oxygen atoms in total. The lowest BCUT2D eigenvalue weighted by Crippen LogP contribution is -2.44. The minimum atomic E-state index is -3.26. The van der Waals surface area contributed by atoms with Crippen molar-refractivity contribution in [3.8, 4) is 0 Å². The Hall–Kier alpha value is -0.820. The molecule has 0 radical (unpaired) electrons. The minimum absolute atomic E-state index is 0.0624. The summed E-state index contributed by atoms with van der Waals surface area (Å²) < 4.78 is 30.1. The number of rotatable bonds is 0. The molecule has 0 aromatic rings. The number of carbonyl (C=O) groups is 1. The van der Waals surface area contributed by atoms with Gasteiger partial charge in [0.15, 0.2) is 0 Å². The monoisotopic (exact) mass is 278 g/mol. The van der Waals surface area contributed by atoms with Crippen LogP contribution in [0.25, 0.3) is 0 Å². The fourth-order valence-electron chi connectivity index (χ4n) is 1.77. The van der Waals surface area contributed by atoms with Gasteiger partial charge in [0, 0.05) is 26.2 Å². The van der Waals surface area contributed by atoms with Crippen LogP contribution in [0.4, 0.5) is 4.79 Å². The largest absolute Gasteiger partial charge is 0.444 e. The highest BCUT2D eigenvalue weighted by molar-refractivity contribution is 7.89. The van der Waals surface area contributed by atoms with Gasteiger partial charge in [-0.05, 0) is 27.7 Å². The zero-order chi connectivity index (χ0) is 14.1. The third-order valence-corrected chi connectivity index (χ3v) is 4.54. The first kappa shape index (κ1) is 15.2. The van der Waals surface area contributed by atoms with Crippen LogP contribution in [0.3, 0.4) is 0 Å². The molecule has 0 unspecified atom stereocenters. The predicted molar refractivity (Wildman–Crippen MR) is 68.8 cm³/mol. The number of ether oxygens (including phenoxy) is 1. The van der Waals surface area contributed by atoms with Crippen molar-refractivity contribution in [2.75, 3.05) is 25.9 Å². The van der Waals surface area contributed by atoms with Crippen LogP contribution in [0.5, 0.6) is 0 Å². The summed E-state index contributed by atoms with van der Waals surface area (Å²) in [7, 11) is -1.72. The van der Waals surface area contributed by atoms with Gasteiger partial charge in [-0.25, -0.2) is 17.5 Å². The van der Waals surface area contributed by atoms with Crippen molar-refractivity contribution >= 4 is 16.1 Å². The van der Waals surface area contributed by atoms with Crippen LogP contribution in [0, 0.1) is 0 Å². The van der Waals surface area contributed by atoms with Crippen LogP contribution in [0.15, 0.2) is 0 Å². The van der Waals surface area contributed by atoms with Crippen LogP contribution >= 0.6 is 0 Å². The zero-order valence-corrected chi connectivity index (χ0v) is 12.5. The fourth-order valence-corrected chi connectivity index (χ4v) is 2.95. The molecular weight excluding hydrogens is 256 g/mol. The van der Waals surface area contributed by atoms with Crippen molar-refractivity contribution in [2.45, 2.75) is 39.3 Å². The first-order valence-electron chi connectivity index (χ1n) is 5.96. The van der Waals surface area contributed by atoms with Crippen molar-refractivity contribution in [1.82, 2.24) is 9.21 Å². The lowest BCUT2D eigenvalue weighted by atomic mass is 10.2. The summed E-state index contributed by atoms with van der Waals surface area (Å²) in [5.74, 6) is -0.0624. The third kappa shape index (κ3) is 3.84. The molecular formula is C11H22N2O4S. The molecule has 0 saturated carbocycles. The Balaban J connectivity index is 2.82. The summed E-state index contributed by atoms with van der Waals surface area (Å²) in [6.45, 7) is 7.65. The van der Waals surface area contributed by atoms with Gasteiger partial charge in [-0.2, -0.15) is 0 Å². The highest BCUT2D eigenvalue weighted by Gasteiger charge is 2.33. The van der Waals surface area contributed by atoms with E-state index >= 15 is 0 Å². The normalized spacial score (nSPS) is 25.6. The quantitative estimate of drug-likeness (QED) is 0.660. The number of hydrogen-bond acceptors (Lipinski definition) is 4. The standard InChI is InChI=1S/C11H22N2O4S/c1-9-8-12(5)18(15,16)7-6-13(9)10(14)17-11(2,3)4/h9H,6-8H2,1-5H3/t9-/m1/s1. The second-order valence-electron chi connectivity index (χ2n) is 5.62. The number of carbonyl (C=O) groups excluding carboxylic acids is 1. The topological polar surface area (TPSA) is 66.9 Å². The Morgan fingerprint density at radius 1 is 1.33 bits per heavy atom. The van der Waals surface area contributed by atoms with E-state index in [4.69, 9.17) is 4.74 Å². The van der Waals surface area contributed by atoms with Gasteiger partial charge >= 0.3 is 6.09 Å². The summed E-state index contributed by atoms with van der Waals surface area (Å²) in [4.78, 5) is 13.5. The number of hydrogen-bond donors (Lipinski definition) is 0. The SMILES string of the molecule is C[C@@H]1CN(C)S(=O)(=O)CCN1C(=O)OC(C)(C)C. The van der Waals surface area contributed by atoms with Gasteiger partial charge in [0.25, 0.3) is 0 Å². The highest BCUT2D eigenvalue weighted by Crippen LogP contribution is 2.16. The summed E-state index contributed by atoms with van der Waals surface area (Å²) in [5.41, 5.74) is -0.576. The second kappa shape index (κ2) is 5.05. The molecule has 0 aromatic carbocycles. The maximum Gasteiger partial charge on any atom is 0.410 e. The van der Waals surface area contributed by atoms with Gasteiger partial charge in [0.1, 0.15) is 5.60 Å². The summed E-state index contributed by atoms with van der Waals surface area (Å²) >= 11 is 0. The van der Waals surface area contributed by atoms with Crippen molar-refractivity contribution in [2.24, 2.45) is 0 Å². The van der Waals surface area contributed by atoms with E-state index in [1.54, 1.807) is 20.8 Å². The van der Waals surface area contributed by atoms with Crippen LogP contribution in [0.1, 0.15) is 27.7 Å². The first-order valence-corrected chi connectivity index (χ1v) is 7.57. The summed E-state index contributed by atoms with van der Waals surface area (Å²) in [6.07, 6.45) is -0.458. The van der Waals surface area contributed by atoms with E-state index in [2.05, 4.69) is 0 Å². The van der Waals surface area contributed by atoms with Crippen LogP contribution in [0.2, 0.25) is 0 Å². The Kier molecular flexibility index (Phi) is 4.27. The van der Waals surface area contributed by atoms with Crippen molar-refractivity contribution in [3.05, 3.63) is 0 Å². The van der Waals surface area contributed by atoms with Crippen LogP contribution < -0.4 is 0 Å². The van der Waals surface area contributed by atoms with E-state index in [9.17, 15) is 13.2 Å². The summed E-state index contributed by atoms with van der Waals surface area (Å²) in [6, 6.07) is -0.192. The van der Waals surface area contributed by atoms with Gasteiger partial charge in [0.05, 0.1) is 5.75 Å². The van der Waals surface area contributed by atoms with Gasteiger partial charge < -0.3 is 9.64 Å². The van der Waals surface area contributed by atoms with Gasteiger partial charge in [0.2, 0.25) is 10.0 Å². The first-order chi connectivity index (χ1) is 8.03. The smallest absolute Gasteiger partial charge is 0.410 e. The molecule has 1 saturated heterocycles. The molecule has 1 atom stereocenters. The number of amides is 1. The van der Waals surface area contributed by atoms with Crippen molar-refractivity contribution in [3.63, 3.8) is 0 Å². The molecule has 1 amide bonds. The molecule has 18 heavy (non-hydrogen) atoms. The Morgan fingerprint density at radius 2 is 1.89 bits per heavy atom. The molecule has 1 heterocycles. The number of nitrogens with zero attached hydrogens (tertiary/aromatic N) is 2. The highest BCUT2D eigenvalue weighted by atomic mass is 32.2. The average Bonchev–Trinajstić information content (AvgIpc) is 2.22. The molecule has 1 aliphatic heterocycles. The maximum atomic E-state index is 12.0.